The maximum absolute atomic E-state index is 5.80. The molecule has 0 radical (unpaired) electrons. The fourth-order valence-electron chi connectivity index (χ4n) is 1.60. The second kappa shape index (κ2) is 4.44. The van der Waals surface area contributed by atoms with Crippen LogP contribution in [0.25, 0.3) is 0 Å². The summed E-state index contributed by atoms with van der Waals surface area (Å²) in [6.07, 6.45) is 5.70. The van der Waals surface area contributed by atoms with Gasteiger partial charge < -0.3 is 15.4 Å². The molecule has 0 unspecified atom stereocenters. The van der Waals surface area contributed by atoms with E-state index in [2.05, 4.69) is 14.9 Å². The SMILES string of the molecule is COCCN(c1nccnc1N)C1CC1. The summed E-state index contributed by atoms with van der Waals surface area (Å²) in [4.78, 5) is 10.5. The molecule has 0 aliphatic heterocycles. The van der Waals surface area contributed by atoms with Crippen LogP contribution in [0.1, 0.15) is 12.8 Å². The summed E-state index contributed by atoms with van der Waals surface area (Å²) >= 11 is 0. The number of nitrogens with zero attached hydrogens (tertiary/aromatic N) is 3. The van der Waals surface area contributed by atoms with Crippen molar-refractivity contribution in [3.8, 4) is 0 Å². The van der Waals surface area contributed by atoms with Crippen molar-refractivity contribution in [2.45, 2.75) is 18.9 Å². The molecule has 0 saturated heterocycles. The summed E-state index contributed by atoms with van der Waals surface area (Å²) in [6.45, 7) is 1.51. The van der Waals surface area contributed by atoms with Crippen LogP contribution in [0.2, 0.25) is 0 Å². The lowest BCUT2D eigenvalue weighted by Crippen LogP contribution is -2.31. The van der Waals surface area contributed by atoms with Gasteiger partial charge in [0.2, 0.25) is 0 Å². The molecule has 1 fully saturated rings. The second-order valence-corrected chi connectivity index (χ2v) is 3.68. The normalized spacial score (nSPS) is 15.3. The van der Waals surface area contributed by atoms with Gasteiger partial charge in [0, 0.05) is 32.1 Å². The molecule has 1 heterocycles. The van der Waals surface area contributed by atoms with Crippen LogP contribution in [0.5, 0.6) is 0 Å². The molecular weight excluding hydrogens is 192 g/mol. The van der Waals surface area contributed by atoms with Crippen molar-refractivity contribution < 1.29 is 4.74 Å². The summed E-state index contributed by atoms with van der Waals surface area (Å²) in [5, 5.41) is 0. The molecule has 1 aliphatic carbocycles. The third kappa shape index (κ3) is 2.36. The van der Waals surface area contributed by atoms with Gasteiger partial charge in [0.1, 0.15) is 0 Å². The molecular formula is C10H16N4O. The minimum absolute atomic E-state index is 0.500. The second-order valence-electron chi connectivity index (χ2n) is 3.68. The average Bonchev–Trinajstić information content (AvgIpc) is 3.05. The molecule has 1 saturated carbocycles. The third-order valence-electron chi connectivity index (χ3n) is 2.50. The Bertz CT molecular complexity index is 327. The predicted octanol–water partition coefficient (Wildman–Crippen LogP) is 0.674. The zero-order valence-corrected chi connectivity index (χ0v) is 8.89. The van der Waals surface area contributed by atoms with E-state index in [0.29, 0.717) is 18.5 Å². The summed E-state index contributed by atoms with van der Waals surface area (Å²) in [6, 6.07) is 0.569. The number of rotatable bonds is 5. The summed E-state index contributed by atoms with van der Waals surface area (Å²) in [7, 11) is 1.70. The maximum atomic E-state index is 5.80. The van der Waals surface area contributed by atoms with E-state index in [1.165, 1.54) is 12.8 Å². The van der Waals surface area contributed by atoms with Gasteiger partial charge in [-0.15, -0.1) is 0 Å². The van der Waals surface area contributed by atoms with Crippen molar-refractivity contribution in [3.05, 3.63) is 12.4 Å². The first-order valence-corrected chi connectivity index (χ1v) is 5.15. The number of aromatic nitrogens is 2. The number of nitrogens with two attached hydrogens (primary N) is 1. The number of hydrogen-bond donors (Lipinski definition) is 1. The highest BCUT2D eigenvalue weighted by Gasteiger charge is 2.30. The highest BCUT2D eigenvalue weighted by atomic mass is 16.5. The Balaban J connectivity index is 2.13. The van der Waals surface area contributed by atoms with E-state index in [4.69, 9.17) is 10.5 Å². The van der Waals surface area contributed by atoms with Crippen molar-refractivity contribution in [2.75, 3.05) is 30.9 Å². The number of hydrogen-bond acceptors (Lipinski definition) is 5. The Kier molecular flexibility index (Phi) is 3.01. The smallest absolute Gasteiger partial charge is 0.171 e. The highest BCUT2D eigenvalue weighted by Crippen LogP contribution is 2.32. The van der Waals surface area contributed by atoms with Crippen LogP contribution in [-0.2, 0) is 4.74 Å². The molecule has 0 aromatic carbocycles. The van der Waals surface area contributed by atoms with Crippen LogP contribution in [0.15, 0.2) is 12.4 Å². The minimum atomic E-state index is 0.500. The van der Waals surface area contributed by atoms with Gasteiger partial charge >= 0.3 is 0 Å². The minimum Gasteiger partial charge on any atom is -0.383 e. The van der Waals surface area contributed by atoms with Crippen LogP contribution in [0, 0.1) is 0 Å². The fraction of sp³-hybridized carbons (Fsp3) is 0.600. The third-order valence-corrected chi connectivity index (χ3v) is 2.50. The Hall–Kier alpha value is -1.36. The zero-order valence-electron chi connectivity index (χ0n) is 8.89. The summed E-state index contributed by atoms with van der Waals surface area (Å²) in [5.41, 5.74) is 5.80. The fourth-order valence-corrected chi connectivity index (χ4v) is 1.60. The van der Waals surface area contributed by atoms with E-state index in [9.17, 15) is 0 Å². The van der Waals surface area contributed by atoms with Crippen molar-refractivity contribution in [3.63, 3.8) is 0 Å². The topological polar surface area (TPSA) is 64.3 Å². The Morgan fingerprint density at radius 3 is 2.80 bits per heavy atom. The molecule has 1 aromatic heterocycles. The van der Waals surface area contributed by atoms with Crippen LogP contribution < -0.4 is 10.6 Å². The molecule has 0 bridgehead atoms. The standard InChI is InChI=1S/C10H16N4O/c1-15-7-6-14(8-2-3-8)10-9(11)12-4-5-13-10/h4-5,8H,2-3,6-7H2,1H3,(H2,11,12). The van der Waals surface area contributed by atoms with E-state index in [1.54, 1.807) is 19.5 Å². The molecule has 1 aliphatic rings. The first-order valence-electron chi connectivity index (χ1n) is 5.15. The lowest BCUT2D eigenvalue weighted by atomic mass is 10.4. The first kappa shape index (κ1) is 10.2. The van der Waals surface area contributed by atoms with Gasteiger partial charge in [0.15, 0.2) is 11.6 Å². The molecule has 0 atom stereocenters. The molecule has 1 aromatic rings. The van der Waals surface area contributed by atoms with Crippen LogP contribution in [0.4, 0.5) is 11.6 Å². The van der Waals surface area contributed by atoms with E-state index < -0.39 is 0 Å². The van der Waals surface area contributed by atoms with Crippen LogP contribution in [0.3, 0.4) is 0 Å². The van der Waals surface area contributed by atoms with Gasteiger partial charge in [-0.1, -0.05) is 0 Å². The van der Waals surface area contributed by atoms with Crippen molar-refractivity contribution in [2.24, 2.45) is 0 Å². The van der Waals surface area contributed by atoms with Crippen molar-refractivity contribution >= 4 is 11.6 Å². The van der Waals surface area contributed by atoms with Crippen molar-refractivity contribution in [1.82, 2.24) is 9.97 Å². The Morgan fingerprint density at radius 1 is 1.47 bits per heavy atom. The average molecular weight is 208 g/mol. The van der Waals surface area contributed by atoms with Gasteiger partial charge in [0.25, 0.3) is 0 Å². The van der Waals surface area contributed by atoms with Crippen LogP contribution in [-0.4, -0.2) is 36.3 Å². The first-order chi connectivity index (χ1) is 7.33. The van der Waals surface area contributed by atoms with Gasteiger partial charge in [-0.05, 0) is 12.8 Å². The van der Waals surface area contributed by atoms with Gasteiger partial charge in [-0.25, -0.2) is 9.97 Å². The summed E-state index contributed by atoms with van der Waals surface area (Å²) < 4.78 is 5.08. The molecule has 15 heavy (non-hydrogen) atoms. The molecule has 0 spiro atoms. The van der Waals surface area contributed by atoms with Crippen molar-refractivity contribution in [1.29, 1.82) is 0 Å². The molecule has 2 rings (SSSR count). The van der Waals surface area contributed by atoms with Gasteiger partial charge in [-0.2, -0.15) is 0 Å². The number of methoxy groups -OCH3 is 1. The Labute approximate surface area is 89.3 Å². The van der Waals surface area contributed by atoms with E-state index in [0.717, 1.165) is 12.4 Å². The van der Waals surface area contributed by atoms with E-state index in [1.807, 2.05) is 0 Å². The molecule has 0 amide bonds. The monoisotopic (exact) mass is 208 g/mol. The highest BCUT2D eigenvalue weighted by molar-refractivity contribution is 5.58. The number of nitrogen functional groups attached to an aromatic ring is 1. The molecule has 5 heteroatoms. The lowest BCUT2D eigenvalue weighted by Gasteiger charge is -2.23. The molecule has 82 valence electrons. The van der Waals surface area contributed by atoms with Crippen LogP contribution >= 0.6 is 0 Å². The summed E-state index contributed by atoms with van der Waals surface area (Å²) in [5.74, 6) is 1.29. The largest absolute Gasteiger partial charge is 0.383 e. The zero-order chi connectivity index (χ0) is 10.7. The van der Waals surface area contributed by atoms with E-state index >= 15 is 0 Å². The molecule has 2 N–H and O–H groups in total. The lowest BCUT2D eigenvalue weighted by molar-refractivity contribution is 0.204. The Morgan fingerprint density at radius 2 is 2.20 bits per heavy atom. The van der Waals surface area contributed by atoms with E-state index in [-0.39, 0.29) is 0 Å². The van der Waals surface area contributed by atoms with Gasteiger partial charge in [0.05, 0.1) is 6.61 Å². The predicted molar refractivity (Wildman–Crippen MR) is 58.7 cm³/mol. The maximum Gasteiger partial charge on any atom is 0.171 e. The quantitative estimate of drug-likeness (QED) is 0.770. The van der Waals surface area contributed by atoms with Gasteiger partial charge in [-0.3, -0.25) is 0 Å². The molecule has 5 nitrogen and oxygen atoms in total. The number of ether oxygens (including phenoxy) is 1. The number of anilines is 2.